The molecule has 0 aliphatic rings. The highest BCUT2D eigenvalue weighted by Gasteiger charge is 2.21. The van der Waals surface area contributed by atoms with E-state index >= 15 is 0 Å². The number of benzene rings is 1. The lowest BCUT2D eigenvalue weighted by atomic mass is 10.0. The van der Waals surface area contributed by atoms with E-state index < -0.39 is 17.9 Å². The molecule has 0 radical (unpaired) electrons. The summed E-state index contributed by atoms with van der Waals surface area (Å²) in [5.74, 6) is -1.56. The Morgan fingerprint density at radius 1 is 1.18 bits per heavy atom. The van der Waals surface area contributed by atoms with Crippen molar-refractivity contribution in [2.75, 3.05) is 6.54 Å². The second-order valence-electron chi connectivity index (χ2n) is 5.15. The predicted octanol–water partition coefficient (Wildman–Crippen LogP) is 0.442. The summed E-state index contributed by atoms with van der Waals surface area (Å²) in [6.07, 6.45) is 2.99. The normalized spacial score (nSPS) is 12.1. The molecular weight excluding hydrogens is 282 g/mol. The van der Waals surface area contributed by atoms with Gasteiger partial charge in [0.05, 0.1) is 6.54 Å². The summed E-state index contributed by atoms with van der Waals surface area (Å²) >= 11 is 0. The third kappa shape index (κ3) is 6.21. The Labute approximate surface area is 129 Å². The number of nitrogens with two attached hydrogens (primary N) is 1. The van der Waals surface area contributed by atoms with Gasteiger partial charge in [-0.15, -0.1) is 0 Å². The fourth-order valence-corrected chi connectivity index (χ4v) is 1.75. The molecule has 0 heterocycles. The molecule has 22 heavy (non-hydrogen) atoms. The molecule has 0 aliphatic heterocycles. The van der Waals surface area contributed by atoms with Crippen LogP contribution in [-0.2, 0) is 14.4 Å². The minimum Gasteiger partial charge on any atom is -0.368 e. The van der Waals surface area contributed by atoms with Crippen molar-refractivity contribution in [3.63, 3.8) is 0 Å². The van der Waals surface area contributed by atoms with E-state index in [1.807, 2.05) is 30.3 Å². The molecule has 1 aromatic carbocycles. The number of carbonyl (C=O) groups excluding carboxylic acids is 3. The van der Waals surface area contributed by atoms with Crippen molar-refractivity contribution >= 4 is 23.8 Å². The molecule has 0 bridgehead atoms. The van der Waals surface area contributed by atoms with Crippen LogP contribution in [0.4, 0.5) is 0 Å². The van der Waals surface area contributed by atoms with E-state index in [2.05, 4.69) is 10.6 Å². The molecule has 1 aromatic rings. The molecule has 1 rings (SSSR count). The first kappa shape index (κ1) is 17.4. The van der Waals surface area contributed by atoms with Crippen LogP contribution in [0.25, 0.3) is 6.08 Å². The molecule has 4 N–H and O–H groups in total. The molecule has 0 saturated heterocycles. The number of nitrogens with one attached hydrogen (secondary N) is 2. The second-order valence-corrected chi connectivity index (χ2v) is 5.15. The minimum absolute atomic E-state index is 0.116. The van der Waals surface area contributed by atoms with Gasteiger partial charge in [-0.05, 0) is 17.6 Å². The molecule has 3 amide bonds. The van der Waals surface area contributed by atoms with Crippen LogP contribution in [-0.4, -0.2) is 30.3 Å². The standard InChI is InChI=1S/C16H21N3O3/c1-11(2)15(16(17)22)19-14(21)10-18-13(20)9-8-12-6-4-3-5-7-12/h3-9,11,15H,10H2,1-2H3,(H2,17,22)(H,18,20)(H,19,21)/b9-8+. The fraction of sp³-hybridized carbons (Fsp3) is 0.312. The maximum atomic E-state index is 11.7. The SMILES string of the molecule is CC(C)C(NC(=O)CNC(=O)/C=C/c1ccccc1)C(N)=O. The maximum Gasteiger partial charge on any atom is 0.244 e. The fourth-order valence-electron chi connectivity index (χ4n) is 1.75. The lowest BCUT2D eigenvalue weighted by Crippen LogP contribution is -2.50. The second kappa shape index (κ2) is 8.61. The first-order valence-electron chi connectivity index (χ1n) is 6.99. The van der Waals surface area contributed by atoms with Gasteiger partial charge in [0.1, 0.15) is 6.04 Å². The smallest absolute Gasteiger partial charge is 0.244 e. The average molecular weight is 303 g/mol. The highest BCUT2D eigenvalue weighted by Crippen LogP contribution is 2.01. The van der Waals surface area contributed by atoms with Crippen molar-refractivity contribution in [1.82, 2.24) is 10.6 Å². The quantitative estimate of drug-likeness (QED) is 0.637. The van der Waals surface area contributed by atoms with Crippen LogP contribution in [0.3, 0.4) is 0 Å². The van der Waals surface area contributed by atoms with Crippen LogP contribution in [0.1, 0.15) is 19.4 Å². The summed E-state index contributed by atoms with van der Waals surface area (Å²) in [6.45, 7) is 3.34. The Morgan fingerprint density at radius 2 is 1.82 bits per heavy atom. The molecule has 6 nitrogen and oxygen atoms in total. The highest BCUT2D eigenvalue weighted by molar-refractivity contribution is 5.95. The maximum absolute atomic E-state index is 11.7. The molecule has 0 aromatic heterocycles. The van der Waals surface area contributed by atoms with Gasteiger partial charge in [-0.3, -0.25) is 14.4 Å². The van der Waals surface area contributed by atoms with Gasteiger partial charge in [0.2, 0.25) is 17.7 Å². The van der Waals surface area contributed by atoms with Crippen LogP contribution in [0, 0.1) is 5.92 Å². The number of amides is 3. The minimum atomic E-state index is -0.746. The van der Waals surface area contributed by atoms with E-state index in [1.165, 1.54) is 6.08 Å². The molecule has 1 atom stereocenters. The van der Waals surface area contributed by atoms with E-state index in [1.54, 1.807) is 19.9 Å². The molecule has 0 aliphatic carbocycles. The number of primary amides is 1. The van der Waals surface area contributed by atoms with E-state index in [-0.39, 0.29) is 18.4 Å². The molecular formula is C16H21N3O3. The lowest BCUT2D eigenvalue weighted by molar-refractivity contribution is -0.128. The molecule has 118 valence electrons. The Morgan fingerprint density at radius 3 is 2.36 bits per heavy atom. The van der Waals surface area contributed by atoms with Gasteiger partial charge < -0.3 is 16.4 Å². The van der Waals surface area contributed by atoms with Crippen LogP contribution in [0.5, 0.6) is 0 Å². The van der Waals surface area contributed by atoms with E-state index in [4.69, 9.17) is 5.73 Å². The Balaban J connectivity index is 2.42. The summed E-state index contributed by atoms with van der Waals surface area (Å²) in [5.41, 5.74) is 6.09. The summed E-state index contributed by atoms with van der Waals surface area (Å²) in [6, 6.07) is 8.57. The molecule has 0 fully saturated rings. The zero-order valence-corrected chi connectivity index (χ0v) is 12.7. The van der Waals surface area contributed by atoms with E-state index in [9.17, 15) is 14.4 Å². The number of hydrogen-bond donors (Lipinski definition) is 3. The number of hydrogen-bond acceptors (Lipinski definition) is 3. The number of carbonyl (C=O) groups is 3. The van der Waals surface area contributed by atoms with Crippen LogP contribution < -0.4 is 16.4 Å². The zero-order chi connectivity index (χ0) is 16.5. The largest absolute Gasteiger partial charge is 0.368 e. The summed E-state index contributed by atoms with van der Waals surface area (Å²) in [5, 5.41) is 4.94. The topological polar surface area (TPSA) is 101 Å². The van der Waals surface area contributed by atoms with Crippen molar-refractivity contribution in [2.24, 2.45) is 11.7 Å². The molecule has 1 unspecified atom stereocenters. The Hall–Kier alpha value is -2.63. The van der Waals surface area contributed by atoms with Crippen molar-refractivity contribution in [1.29, 1.82) is 0 Å². The van der Waals surface area contributed by atoms with E-state index in [0.29, 0.717) is 0 Å². The van der Waals surface area contributed by atoms with Crippen molar-refractivity contribution in [3.8, 4) is 0 Å². The van der Waals surface area contributed by atoms with Crippen molar-refractivity contribution < 1.29 is 14.4 Å². The van der Waals surface area contributed by atoms with Gasteiger partial charge in [-0.2, -0.15) is 0 Å². The Bertz CT molecular complexity index is 553. The highest BCUT2D eigenvalue weighted by atomic mass is 16.2. The van der Waals surface area contributed by atoms with Gasteiger partial charge in [0, 0.05) is 6.08 Å². The van der Waals surface area contributed by atoms with Crippen molar-refractivity contribution in [2.45, 2.75) is 19.9 Å². The van der Waals surface area contributed by atoms with Gasteiger partial charge in [-0.25, -0.2) is 0 Å². The Kier molecular flexibility index (Phi) is 6.82. The van der Waals surface area contributed by atoms with E-state index in [0.717, 1.165) is 5.56 Å². The third-order valence-corrected chi connectivity index (χ3v) is 2.94. The average Bonchev–Trinajstić information content (AvgIpc) is 2.49. The van der Waals surface area contributed by atoms with Gasteiger partial charge in [0.15, 0.2) is 0 Å². The predicted molar refractivity (Wildman–Crippen MR) is 84.4 cm³/mol. The zero-order valence-electron chi connectivity index (χ0n) is 12.7. The summed E-state index contributed by atoms with van der Waals surface area (Å²) in [4.78, 5) is 34.5. The van der Waals surface area contributed by atoms with Gasteiger partial charge in [-0.1, -0.05) is 44.2 Å². The number of rotatable bonds is 7. The molecule has 0 spiro atoms. The summed E-state index contributed by atoms with van der Waals surface area (Å²) < 4.78 is 0. The van der Waals surface area contributed by atoms with Gasteiger partial charge >= 0.3 is 0 Å². The molecule has 0 saturated carbocycles. The first-order valence-corrected chi connectivity index (χ1v) is 6.99. The van der Waals surface area contributed by atoms with Gasteiger partial charge in [0.25, 0.3) is 0 Å². The van der Waals surface area contributed by atoms with Crippen molar-refractivity contribution in [3.05, 3.63) is 42.0 Å². The first-order chi connectivity index (χ1) is 10.4. The lowest BCUT2D eigenvalue weighted by Gasteiger charge is -2.18. The third-order valence-electron chi connectivity index (χ3n) is 2.94. The van der Waals surface area contributed by atoms with Crippen LogP contribution in [0.15, 0.2) is 36.4 Å². The summed E-state index contributed by atoms with van der Waals surface area (Å²) in [7, 11) is 0. The monoisotopic (exact) mass is 303 g/mol. The molecule has 6 heteroatoms. The van der Waals surface area contributed by atoms with Crippen LogP contribution >= 0.6 is 0 Å². The van der Waals surface area contributed by atoms with Crippen LogP contribution in [0.2, 0.25) is 0 Å².